The van der Waals surface area contributed by atoms with Crippen LogP contribution < -0.4 is 0 Å². The molecule has 1 aromatic rings. The number of ketones is 1. The molecule has 0 saturated heterocycles. The van der Waals surface area contributed by atoms with Gasteiger partial charge in [-0.25, -0.2) is 0 Å². The van der Waals surface area contributed by atoms with Crippen LogP contribution in [0.3, 0.4) is 0 Å². The zero-order valence-electron chi connectivity index (χ0n) is 6.26. The van der Waals surface area contributed by atoms with Crippen molar-refractivity contribution in [2.45, 2.75) is 13.3 Å². The Hall–Kier alpha value is -1.07. The average molecular weight is 164 g/mol. The first kappa shape index (κ1) is 8.03. The fourth-order valence-electron chi connectivity index (χ4n) is 0.834. The molecule has 0 bridgehead atoms. The molecule has 0 aromatic carbocycles. The Morgan fingerprint density at radius 1 is 1.73 bits per heavy atom. The Morgan fingerprint density at radius 3 is 2.91 bits per heavy atom. The number of aryl methyl sites for hydroxylation is 1. The normalized spacial score (nSPS) is 9.09. The van der Waals surface area contributed by atoms with Crippen molar-refractivity contribution in [1.29, 1.82) is 0 Å². The summed E-state index contributed by atoms with van der Waals surface area (Å²) in [6, 6.07) is 0. The van der Waals surface area contributed by atoms with Crippen molar-refractivity contribution in [3.05, 3.63) is 21.9 Å². The highest BCUT2D eigenvalue weighted by Crippen LogP contribution is 2.14. The average Bonchev–Trinajstić information content (AvgIpc) is 2.36. The Morgan fingerprint density at radius 2 is 2.45 bits per heavy atom. The zero-order chi connectivity index (χ0) is 8.27. The molecule has 0 unspecified atom stereocenters. The maximum atomic E-state index is 11.2. The first-order valence-electron chi connectivity index (χ1n) is 3.25. The second-order valence-corrected chi connectivity index (χ2v) is 3.02. The number of hydrogen-bond acceptors (Lipinski definition) is 2. The van der Waals surface area contributed by atoms with Crippen molar-refractivity contribution in [3.63, 3.8) is 0 Å². The minimum Gasteiger partial charge on any atom is -0.293 e. The fraction of sp³-hybridized carbons (Fsp3) is 0.222. The third kappa shape index (κ3) is 1.69. The van der Waals surface area contributed by atoms with E-state index in [1.165, 1.54) is 11.3 Å². The van der Waals surface area contributed by atoms with E-state index in [0.717, 1.165) is 11.1 Å². The Kier molecular flexibility index (Phi) is 2.45. The molecule has 0 aliphatic heterocycles. The van der Waals surface area contributed by atoms with Crippen LogP contribution in [0, 0.1) is 19.3 Å². The van der Waals surface area contributed by atoms with Gasteiger partial charge in [0.15, 0.2) is 5.78 Å². The number of thiophene rings is 1. The lowest BCUT2D eigenvalue weighted by Gasteiger charge is -1.92. The summed E-state index contributed by atoms with van der Waals surface area (Å²) < 4.78 is 0. The number of carbonyl (C=O) groups is 1. The van der Waals surface area contributed by atoms with Gasteiger partial charge in [0.2, 0.25) is 0 Å². The molecule has 1 aromatic heterocycles. The highest BCUT2D eigenvalue weighted by molar-refractivity contribution is 7.08. The maximum Gasteiger partial charge on any atom is 0.175 e. The predicted molar refractivity (Wildman–Crippen MR) is 46.8 cm³/mol. The van der Waals surface area contributed by atoms with E-state index in [1.54, 1.807) is 0 Å². The van der Waals surface area contributed by atoms with E-state index >= 15 is 0 Å². The third-order valence-corrected chi connectivity index (χ3v) is 2.28. The van der Waals surface area contributed by atoms with Gasteiger partial charge in [-0.1, -0.05) is 5.92 Å². The second-order valence-electron chi connectivity index (χ2n) is 2.27. The molecule has 0 spiro atoms. The minimum absolute atomic E-state index is 0.0475. The van der Waals surface area contributed by atoms with Gasteiger partial charge >= 0.3 is 0 Å². The molecule has 0 amide bonds. The van der Waals surface area contributed by atoms with Crippen molar-refractivity contribution in [2.24, 2.45) is 0 Å². The molecule has 56 valence electrons. The highest BCUT2D eigenvalue weighted by atomic mass is 32.1. The van der Waals surface area contributed by atoms with Gasteiger partial charge in [0, 0.05) is 10.9 Å². The molecule has 2 heteroatoms. The van der Waals surface area contributed by atoms with Crippen LogP contribution >= 0.6 is 11.3 Å². The first-order valence-corrected chi connectivity index (χ1v) is 4.19. The summed E-state index contributed by atoms with van der Waals surface area (Å²) in [4.78, 5) is 11.2. The van der Waals surface area contributed by atoms with Crippen LogP contribution in [0.2, 0.25) is 0 Å². The molecule has 0 saturated carbocycles. The molecule has 0 aliphatic carbocycles. The summed E-state index contributed by atoms with van der Waals surface area (Å²) in [7, 11) is 0. The Bertz CT molecular complexity index is 304. The molecule has 1 heterocycles. The SMILES string of the molecule is C#CCC(=O)c1cscc1C. The minimum atomic E-state index is 0.0475. The van der Waals surface area contributed by atoms with E-state index in [9.17, 15) is 4.79 Å². The molecule has 1 nitrogen and oxygen atoms in total. The van der Waals surface area contributed by atoms with Crippen molar-refractivity contribution >= 4 is 17.1 Å². The molecule has 0 N–H and O–H groups in total. The van der Waals surface area contributed by atoms with Gasteiger partial charge in [-0.05, 0) is 17.9 Å². The number of hydrogen-bond donors (Lipinski definition) is 0. The zero-order valence-corrected chi connectivity index (χ0v) is 7.07. The van der Waals surface area contributed by atoms with Crippen LogP contribution in [0.4, 0.5) is 0 Å². The number of terminal acetylenes is 1. The summed E-state index contributed by atoms with van der Waals surface area (Å²) in [5.41, 5.74) is 1.79. The highest BCUT2D eigenvalue weighted by Gasteiger charge is 2.07. The van der Waals surface area contributed by atoms with Gasteiger partial charge in [0.1, 0.15) is 0 Å². The lowest BCUT2D eigenvalue weighted by Crippen LogP contribution is -1.96. The van der Waals surface area contributed by atoms with Gasteiger partial charge in [0.05, 0.1) is 6.42 Å². The molecule has 11 heavy (non-hydrogen) atoms. The summed E-state index contributed by atoms with van der Waals surface area (Å²) in [6.07, 6.45) is 5.22. The lowest BCUT2D eigenvalue weighted by molar-refractivity contribution is 0.0998. The van der Waals surface area contributed by atoms with E-state index in [1.807, 2.05) is 17.7 Å². The van der Waals surface area contributed by atoms with E-state index in [-0.39, 0.29) is 12.2 Å². The monoisotopic (exact) mass is 164 g/mol. The Balaban J connectivity index is 2.86. The molecular formula is C9H8OS. The number of carbonyl (C=O) groups excluding carboxylic acids is 1. The van der Waals surface area contributed by atoms with E-state index in [2.05, 4.69) is 5.92 Å². The van der Waals surface area contributed by atoms with Crippen LogP contribution in [0.5, 0.6) is 0 Å². The second kappa shape index (κ2) is 3.36. The molecule has 0 radical (unpaired) electrons. The van der Waals surface area contributed by atoms with Crippen molar-refractivity contribution in [3.8, 4) is 12.3 Å². The fourth-order valence-corrected chi connectivity index (χ4v) is 1.69. The van der Waals surface area contributed by atoms with Crippen molar-refractivity contribution < 1.29 is 4.79 Å². The molecular weight excluding hydrogens is 156 g/mol. The van der Waals surface area contributed by atoms with Gasteiger partial charge in [-0.2, -0.15) is 11.3 Å². The van der Waals surface area contributed by atoms with Crippen LogP contribution in [0.1, 0.15) is 22.3 Å². The Labute approximate surface area is 70.1 Å². The van der Waals surface area contributed by atoms with Crippen LogP contribution in [-0.4, -0.2) is 5.78 Å². The van der Waals surface area contributed by atoms with E-state index in [0.29, 0.717) is 0 Å². The standard InChI is InChI=1S/C9H8OS/c1-3-4-9(10)8-6-11-5-7(8)2/h1,5-6H,4H2,2H3. The quantitative estimate of drug-likeness (QED) is 0.484. The number of Topliss-reactive ketones (excluding diaryl/α,β-unsaturated/α-hetero) is 1. The van der Waals surface area contributed by atoms with Crippen LogP contribution in [-0.2, 0) is 0 Å². The van der Waals surface area contributed by atoms with Gasteiger partial charge in [-0.15, -0.1) is 6.42 Å². The maximum absolute atomic E-state index is 11.2. The van der Waals surface area contributed by atoms with Gasteiger partial charge in [0.25, 0.3) is 0 Å². The molecule has 0 atom stereocenters. The van der Waals surface area contributed by atoms with Gasteiger partial charge in [-0.3, -0.25) is 4.79 Å². The van der Waals surface area contributed by atoms with Crippen LogP contribution in [0.15, 0.2) is 10.8 Å². The van der Waals surface area contributed by atoms with Crippen LogP contribution in [0.25, 0.3) is 0 Å². The molecule has 1 rings (SSSR count). The summed E-state index contributed by atoms with van der Waals surface area (Å²) >= 11 is 1.53. The van der Waals surface area contributed by atoms with E-state index in [4.69, 9.17) is 6.42 Å². The largest absolute Gasteiger partial charge is 0.293 e. The first-order chi connectivity index (χ1) is 5.25. The number of rotatable bonds is 2. The smallest absolute Gasteiger partial charge is 0.175 e. The summed E-state index contributed by atoms with van der Waals surface area (Å²) in [5, 5.41) is 3.79. The third-order valence-electron chi connectivity index (χ3n) is 1.42. The van der Waals surface area contributed by atoms with E-state index < -0.39 is 0 Å². The lowest BCUT2D eigenvalue weighted by atomic mass is 10.1. The molecule has 0 fully saturated rings. The summed E-state index contributed by atoms with van der Waals surface area (Å²) in [6.45, 7) is 1.92. The topological polar surface area (TPSA) is 17.1 Å². The van der Waals surface area contributed by atoms with Gasteiger partial charge < -0.3 is 0 Å². The van der Waals surface area contributed by atoms with Crippen molar-refractivity contribution in [2.75, 3.05) is 0 Å². The molecule has 0 aliphatic rings. The predicted octanol–water partition coefficient (Wildman–Crippen LogP) is 2.26. The summed E-state index contributed by atoms with van der Waals surface area (Å²) in [5.74, 6) is 2.39. The van der Waals surface area contributed by atoms with Crippen molar-refractivity contribution in [1.82, 2.24) is 0 Å².